The van der Waals surface area contributed by atoms with Crippen LogP contribution in [0.15, 0.2) is 30.5 Å². The molecule has 3 nitrogen and oxygen atoms in total. The van der Waals surface area contributed by atoms with Crippen molar-refractivity contribution in [3.05, 3.63) is 53.1 Å². The number of aliphatic hydroxyl groups excluding tert-OH is 1. The van der Waals surface area contributed by atoms with E-state index in [9.17, 15) is 9.50 Å². The molecule has 0 spiro atoms. The molecule has 0 aliphatic heterocycles. The summed E-state index contributed by atoms with van der Waals surface area (Å²) in [6.07, 6.45) is 1.75. The van der Waals surface area contributed by atoms with E-state index in [0.29, 0.717) is 11.3 Å². The third-order valence-electron chi connectivity index (χ3n) is 3.00. The average Bonchev–Trinajstić information content (AvgIpc) is 2.80. The monoisotopic (exact) mass is 248 g/mol. The first-order chi connectivity index (χ1) is 8.63. The van der Waals surface area contributed by atoms with Crippen LogP contribution >= 0.6 is 0 Å². The highest BCUT2D eigenvalue weighted by Crippen LogP contribution is 2.25. The molecular weight excluding hydrogens is 231 g/mol. The van der Waals surface area contributed by atoms with Crippen molar-refractivity contribution in [1.29, 1.82) is 0 Å². The van der Waals surface area contributed by atoms with Gasteiger partial charge in [0, 0.05) is 12.7 Å². The van der Waals surface area contributed by atoms with E-state index in [1.165, 1.54) is 12.1 Å². The summed E-state index contributed by atoms with van der Waals surface area (Å²) in [7, 11) is 0. The van der Waals surface area contributed by atoms with Crippen LogP contribution in [0.4, 0.5) is 4.39 Å². The fraction of sp³-hybridized carbons (Fsp3) is 0.357. The molecule has 1 unspecified atom stereocenters. The maximum absolute atomic E-state index is 13.3. The van der Waals surface area contributed by atoms with Gasteiger partial charge in [-0.15, -0.1) is 0 Å². The normalized spacial score (nSPS) is 12.7. The summed E-state index contributed by atoms with van der Waals surface area (Å²) in [6.45, 7) is 4.65. The van der Waals surface area contributed by atoms with E-state index in [1.54, 1.807) is 23.0 Å². The Hall–Kier alpha value is -1.68. The van der Waals surface area contributed by atoms with Gasteiger partial charge in [0.1, 0.15) is 11.9 Å². The smallest absolute Gasteiger partial charge is 0.123 e. The summed E-state index contributed by atoms with van der Waals surface area (Å²) in [5.41, 5.74) is 2.16. The Morgan fingerprint density at radius 1 is 1.39 bits per heavy atom. The SMILES string of the molecule is CCCn1nccc1C(O)c1cc(F)ccc1C. The molecule has 1 aromatic carbocycles. The standard InChI is InChI=1S/C14H17FN2O/c1-3-8-17-13(6-7-16-17)14(18)12-9-11(15)5-4-10(12)2/h4-7,9,14,18H,3,8H2,1-2H3. The molecule has 0 aliphatic carbocycles. The molecule has 0 amide bonds. The summed E-state index contributed by atoms with van der Waals surface area (Å²) in [4.78, 5) is 0. The minimum absolute atomic E-state index is 0.337. The second-order valence-corrected chi connectivity index (χ2v) is 4.38. The molecule has 1 atom stereocenters. The summed E-state index contributed by atoms with van der Waals surface area (Å²) in [6, 6.07) is 6.22. The molecule has 96 valence electrons. The van der Waals surface area contributed by atoms with Gasteiger partial charge in [0.05, 0.1) is 5.69 Å². The molecule has 2 rings (SSSR count). The van der Waals surface area contributed by atoms with Gasteiger partial charge in [0.15, 0.2) is 0 Å². The Morgan fingerprint density at radius 3 is 2.89 bits per heavy atom. The number of benzene rings is 1. The Kier molecular flexibility index (Phi) is 3.77. The fourth-order valence-corrected chi connectivity index (χ4v) is 2.04. The van der Waals surface area contributed by atoms with Crippen LogP contribution in [0.5, 0.6) is 0 Å². The van der Waals surface area contributed by atoms with Gasteiger partial charge in [0.2, 0.25) is 0 Å². The zero-order valence-electron chi connectivity index (χ0n) is 10.6. The second kappa shape index (κ2) is 5.31. The molecule has 2 aromatic rings. The van der Waals surface area contributed by atoms with Gasteiger partial charge >= 0.3 is 0 Å². The van der Waals surface area contributed by atoms with E-state index in [0.717, 1.165) is 18.5 Å². The number of nitrogens with zero attached hydrogens (tertiary/aromatic N) is 2. The van der Waals surface area contributed by atoms with Gasteiger partial charge in [0.25, 0.3) is 0 Å². The molecule has 0 saturated heterocycles. The lowest BCUT2D eigenvalue weighted by molar-refractivity contribution is 0.206. The van der Waals surface area contributed by atoms with Crippen LogP contribution < -0.4 is 0 Å². The lowest BCUT2D eigenvalue weighted by atomic mass is 10.0. The molecular formula is C14H17FN2O. The molecule has 4 heteroatoms. The number of halogens is 1. The van der Waals surface area contributed by atoms with Crippen LogP contribution in [0.1, 0.15) is 36.3 Å². The number of aromatic nitrogens is 2. The zero-order chi connectivity index (χ0) is 13.1. The van der Waals surface area contributed by atoms with Crippen LogP contribution in [0, 0.1) is 12.7 Å². The zero-order valence-corrected chi connectivity index (χ0v) is 10.6. The summed E-state index contributed by atoms with van der Waals surface area (Å²) in [5, 5.41) is 14.5. The van der Waals surface area contributed by atoms with Crippen molar-refractivity contribution in [3.63, 3.8) is 0 Å². The Bertz CT molecular complexity index is 536. The van der Waals surface area contributed by atoms with E-state index < -0.39 is 6.10 Å². The predicted molar refractivity (Wildman–Crippen MR) is 67.7 cm³/mol. The van der Waals surface area contributed by atoms with Crippen molar-refractivity contribution < 1.29 is 9.50 Å². The molecule has 1 heterocycles. The third-order valence-corrected chi connectivity index (χ3v) is 3.00. The quantitative estimate of drug-likeness (QED) is 0.903. The van der Waals surface area contributed by atoms with E-state index in [2.05, 4.69) is 5.10 Å². The fourth-order valence-electron chi connectivity index (χ4n) is 2.04. The summed E-state index contributed by atoms with van der Waals surface area (Å²) >= 11 is 0. The van der Waals surface area contributed by atoms with Crippen LogP contribution in [-0.4, -0.2) is 14.9 Å². The van der Waals surface area contributed by atoms with Crippen molar-refractivity contribution in [1.82, 2.24) is 9.78 Å². The molecule has 0 fully saturated rings. The molecule has 1 N–H and O–H groups in total. The maximum Gasteiger partial charge on any atom is 0.123 e. The molecule has 18 heavy (non-hydrogen) atoms. The van der Waals surface area contributed by atoms with Crippen LogP contribution in [0.2, 0.25) is 0 Å². The second-order valence-electron chi connectivity index (χ2n) is 4.38. The lowest BCUT2D eigenvalue weighted by Crippen LogP contribution is -2.11. The lowest BCUT2D eigenvalue weighted by Gasteiger charge is -2.15. The third kappa shape index (κ3) is 2.43. The number of aliphatic hydroxyl groups is 1. The first-order valence-electron chi connectivity index (χ1n) is 6.09. The van der Waals surface area contributed by atoms with Gasteiger partial charge < -0.3 is 5.11 Å². The summed E-state index contributed by atoms with van der Waals surface area (Å²) in [5.74, 6) is -0.337. The Labute approximate surface area is 106 Å². The Balaban J connectivity index is 2.38. The van der Waals surface area contributed by atoms with E-state index in [-0.39, 0.29) is 5.82 Å². The molecule has 0 saturated carbocycles. The average molecular weight is 248 g/mol. The van der Waals surface area contributed by atoms with Crippen molar-refractivity contribution in [2.75, 3.05) is 0 Å². The maximum atomic E-state index is 13.3. The van der Waals surface area contributed by atoms with Crippen molar-refractivity contribution in [3.8, 4) is 0 Å². The molecule has 0 aliphatic rings. The summed E-state index contributed by atoms with van der Waals surface area (Å²) < 4.78 is 15.0. The highest BCUT2D eigenvalue weighted by atomic mass is 19.1. The van der Waals surface area contributed by atoms with E-state index in [1.807, 2.05) is 13.8 Å². The van der Waals surface area contributed by atoms with E-state index >= 15 is 0 Å². The number of hydrogen-bond acceptors (Lipinski definition) is 2. The van der Waals surface area contributed by atoms with E-state index in [4.69, 9.17) is 0 Å². The number of hydrogen-bond donors (Lipinski definition) is 1. The van der Waals surface area contributed by atoms with Gasteiger partial charge in [-0.2, -0.15) is 5.10 Å². The minimum atomic E-state index is -0.838. The van der Waals surface area contributed by atoms with Crippen molar-refractivity contribution >= 4 is 0 Å². The number of aryl methyl sites for hydroxylation is 2. The highest BCUT2D eigenvalue weighted by molar-refractivity contribution is 5.33. The van der Waals surface area contributed by atoms with Gasteiger partial charge in [-0.3, -0.25) is 4.68 Å². The van der Waals surface area contributed by atoms with Crippen LogP contribution in [-0.2, 0) is 6.54 Å². The predicted octanol–water partition coefficient (Wildman–Crippen LogP) is 2.82. The number of rotatable bonds is 4. The first-order valence-corrected chi connectivity index (χ1v) is 6.09. The Morgan fingerprint density at radius 2 is 2.17 bits per heavy atom. The largest absolute Gasteiger partial charge is 0.382 e. The minimum Gasteiger partial charge on any atom is -0.382 e. The van der Waals surface area contributed by atoms with Crippen LogP contribution in [0.3, 0.4) is 0 Å². The van der Waals surface area contributed by atoms with Crippen molar-refractivity contribution in [2.24, 2.45) is 0 Å². The van der Waals surface area contributed by atoms with Gasteiger partial charge in [-0.05, 0) is 42.7 Å². The highest BCUT2D eigenvalue weighted by Gasteiger charge is 2.17. The molecule has 0 radical (unpaired) electrons. The molecule has 0 bridgehead atoms. The molecule has 1 aromatic heterocycles. The first kappa shape index (κ1) is 12.8. The topological polar surface area (TPSA) is 38.0 Å². The van der Waals surface area contributed by atoms with Gasteiger partial charge in [-0.25, -0.2) is 4.39 Å². The van der Waals surface area contributed by atoms with Crippen LogP contribution in [0.25, 0.3) is 0 Å². The van der Waals surface area contributed by atoms with Crippen molar-refractivity contribution in [2.45, 2.75) is 32.9 Å². The van der Waals surface area contributed by atoms with Gasteiger partial charge in [-0.1, -0.05) is 13.0 Å².